The fraction of sp³-hybridized carbons (Fsp3) is 0.0909. The highest BCUT2D eigenvalue weighted by Gasteiger charge is 2.18. The molecule has 0 atom stereocenters. The normalized spacial score (nSPS) is 10.9. The van der Waals surface area contributed by atoms with Gasteiger partial charge in [0.15, 0.2) is 0 Å². The van der Waals surface area contributed by atoms with E-state index < -0.39 is 0 Å². The Morgan fingerprint density at radius 1 is 1.17 bits per heavy atom. The molecule has 0 fully saturated rings. The Balaban J connectivity index is 1.67. The van der Waals surface area contributed by atoms with E-state index in [1.807, 2.05) is 55.5 Å². The molecule has 0 saturated carbocycles. The zero-order chi connectivity index (χ0) is 20.5. The Labute approximate surface area is 177 Å². The lowest BCUT2D eigenvalue weighted by atomic mass is 10.1. The van der Waals surface area contributed by atoms with Crippen molar-refractivity contribution in [3.05, 3.63) is 70.1 Å². The number of hydrogen-bond acceptors (Lipinski definition) is 5. The van der Waals surface area contributed by atoms with Crippen molar-refractivity contribution < 1.29 is 9.53 Å². The van der Waals surface area contributed by atoms with Crippen LogP contribution in [0.15, 0.2) is 54.6 Å². The lowest BCUT2D eigenvalue weighted by Gasteiger charge is -2.06. The van der Waals surface area contributed by atoms with Crippen molar-refractivity contribution in [1.29, 1.82) is 0 Å². The number of thiophene rings is 1. The van der Waals surface area contributed by atoms with Crippen LogP contribution >= 0.6 is 22.9 Å². The molecule has 3 N–H and O–H groups in total. The summed E-state index contributed by atoms with van der Waals surface area (Å²) in [4.78, 5) is 18.6. The van der Waals surface area contributed by atoms with Gasteiger partial charge in [-0.15, -0.1) is 11.3 Å². The third-order valence-electron chi connectivity index (χ3n) is 4.60. The number of nitrogens with one attached hydrogen (secondary N) is 1. The maximum absolute atomic E-state index is 12.8. The molecule has 0 radical (unpaired) electrons. The van der Waals surface area contributed by atoms with Gasteiger partial charge >= 0.3 is 0 Å². The SMILES string of the molecule is COc1cccc(-c2ccc3c(N)c(C(=O)Nc4ccc(C)c(Cl)c4)sc3n2)c1. The van der Waals surface area contributed by atoms with Gasteiger partial charge in [-0.2, -0.15) is 0 Å². The van der Waals surface area contributed by atoms with Gasteiger partial charge in [0.2, 0.25) is 0 Å². The highest BCUT2D eigenvalue weighted by molar-refractivity contribution is 7.21. The molecule has 0 spiro atoms. The number of pyridine rings is 1. The van der Waals surface area contributed by atoms with E-state index in [-0.39, 0.29) is 5.91 Å². The second-order valence-corrected chi connectivity index (χ2v) is 7.95. The van der Waals surface area contributed by atoms with Crippen LogP contribution in [-0.2, 0) is 0 Å². The number of fused-ring (bicyclic) bond motifs is 1. The van der Waals surface area contributed by atoms with Gasteiger partial charge in [-0.05, 0) is 48.9 Å². The summed E-state index contributed by atoms with van der Waals surface area (Å²) in [5.41, 5.74) is 9.95. The van der Waals surface area contributed by atoms with Crippen LogP contribution in [0, 0.1) is 6.92 Å². The molecular weight excluding hydrogens is 406 g/mol. The van der Waals surface area contributed by atoms with Crippen molar-refractivity contribution in [3.8, 4) is 17.0 Å². The Morgan fingerprint density at radius 3 is 2.76 bits per heavy atom. The molecule has 2 aromatic carbocycles. The molecule has 146 valence electrons. The number of carbonyl (C=O) groups excluding carboxylic acids is 1. The van der Waals surface area contributed by atoms with Crippen molar-refractivity contribution in [2.24, 2.45) is 0 Å². The minimum atomic E-state index is -0.284. The van der Waals surface area contributed by atoms with Crippen molar-refractivity contribution in [2.45, 2.75) is 6.92 Å². The number of methoxy groups -OCH3 is 1. The van der Waals surface area contributed by atoms with Crippen LogP contribution in [0.1, 0.15) is 15.2 Å². The van der Waals surface area contributed by atoms with E-state index in [9.17, 15) is 4.79 Å². The Hall–Kier alpha value is -3.09. The number of halogens is 1. The van der Waals surface area contributed by atoms with E-state index >= 15 is 0 Å². The Morgan fingerprint density at radius 2 is 2.00 bits per heavy atom. The van der Waals surface area contributed by atoms with Gasteiger partial charge in [-0.25, -0.2) is 4.98 Å². The molecular formula is C22H18ClN3O2S. The topological polar surface area (TPSA) is 77.2 Å². The van der Waals surface area contributed by atoms with Crippen LogP contribution in [0.25, 0.3) is 21.5 Å². The number of nitrogens with two attached hydrogens (primary N) is 1. The highest BCUT2D eigenvalue weighted by atomic mass is 35.5. The van der Waals surface area contributed by atoms with E-state index in [4.69, 9.17) is 27.1 Å². The summed E-state index contributed by atoms with van der Waals surface area (Å²) in [5.74, 6) is 0.472. The fourth-order valence-electron chi connectivity index (χ4n) is 2.97. The Kier molecular flexibility index (Phi) is 5.13. The molecule has 4 rings (SSSR count). The Bertz CT molecular complexity index is 1240. The van der Waals surface area contributed by atoms with E-state index in [1.54, 1.807) is 13.2 Å². The van der Waals surface area contributed by atoms with Gasteiger partial charge in [0.1, 0.15) is 15.5 Å². The molecule has 2 aromatic heterocycles. The minimum Gasteiger partial charge on any atom is -0.497 e. The van der Waals surface area contributed by atoms with Gasteiger partial charge in [-0.3, -0.25) is 4.79 Å². The number of ether oxygens (including phenoxy) is 1. The van der Waals surface area contributed by atoms with Gasteiger partial charge in [-0.1, -0.05) is 29.8 Å². The first-order valence-corrected chi connectivity index (χ1v) is 10.1. The predicted molar refractivity (Wildman–Crippen MR) is 120 cm³/mol. The average molecular weight is 424 g/mol. The standard InChI is InChI=1S/C22H18ClN3O2S/c1-12-6-7-14(11-17(12)23)25-21(27)20-19(24)16-8-9-18(26-22(16)29-20)13-4-3-5-15(10-13)28-2/h3-11H,24H2,1-2H3,(H,25,27). The van der Waals surface area contributed by atoms with Crippen LogP contribution < -0.4 is 15.8 Å². The monoisotopic (exact) mass is 423 g/mol. The summed E-state index contributed by atoms with van der Waals surface area (Å²) in [6.45, 7) is 1.91. The molecule has 2 heterocycles. The number of amides is 1. The summed E-state index contributed by atoms with van der Waals surface area (Å²) < 4.78 is 5.28. The van der Waals surface area contributed by atoms with Crippen molar-refractivity contribution >= 4 is 50.4 Å². The van der Waals surface area contributed by atoms with Gasteiger partial charge < -0.3 is 15.8 Å². The summed E-state index contributed by atoms with van der Waals surface area (Å²) >= 11 is 7.41. The number of hydrogen-bond donors (Lipinski definition) is 2. The predicted octanol–water partition coefficient (Wildman–Crippen LogP) is 5.77. The third kappa shape index (κ3) is 3.77. The summed E-state index contributed by atoms with van der Waals surface area (Å²) in [7, 11) is 1.63. The number of nitrogens with zero attached hydrogens (tertiary/aromatic N) is 1. The molecule has 4 aromatic rings. The zero-order valence-corrected chi connectivity index (χ0v) is 17.4. The molecule has 0 bridgehead atoms. The minimum absolute atomic E-state index is 0.284. The third-order valence-corrected chi connectivity index (χ3v) is 6.12. The van der Waals surface area contributed by atoms with Crippen LogP contribution in [0.4, 0.5) is 11.4 Å². The number of nitrogen functional groups attached to an aromatic ring is 1. The average Bonchev–Trinajstić information content (AvgIpc) is 3.07. The smallest absolute Gasteiger partial charge is 0.267 e. The number of aryl methyl sites for hydroxylation is 1. The maximum atomic E-state index is 12.8. The van der Waals surface area contributed by atoms with E-state index in [1.165, 1.54) is 11.3 Å². The second-order valence-electron chi connectivity index (χ2n) is 6.54. The van der Waals surface area contributed by atoms with Crippen molar-refractivity contribution in [1.82, 2.24) is 4.98 Å². The molecule has 29 heavy (non-hydrogen) atoms. The molecule has 0 aliphatic rings. The molecule has 0 saturated heterocycles. The van der Waals surface area contributed by atoms with Crippen molar-refractivity contribution in [3.63, 3.8) is 0 Å². The van der Waals surface area contributed by atoms with Crippen molar-refractivity contribution in [2.75, 3.05) is 18.2 Å². The molecule has 5 nitrogen and oxygen atoms in total. The summed E-state index contributed by atoms with van der Waals surface area (Å²) in [6.07, 6.45) is 0. The molecule has 0 unspecified atom stereocenters. The number of rotatable bonds is 4. The van der Waals surface area contributed by atoms with Crippen LogP contribution in [0.3, 0.4) is 0 Å². The quantitative estimate of drug-likeness (QED) is 0.437. The van der Waals surface area contributed by atoms with Gasteiger partial charge in [0.05, 0.1) is 18.5 Å². The van der Waals surface area contributed by atoms with E-state index in [0.29, 0.717) is 26.1 Å². The highest BCUT2D eigenvalue weighted by Crippen LogP contribution is 2.35. The summed E-state index contributed by atoms with van der Waals surface area (Å²) in [5, 5.41) is 4.20. The number of aromatic nitrogens is 1. The molecule has 1 amide bonds. The first-order chi connectivity index (χ1) is 14.0. The van der Waals surface area contributed by atoms with E-state index in [2.05, 4.69) is 5.32 Å². The van der Waals surface area contributed by atoms with Crippen LogP contribution in [0.2, 0.25) is 5.02 Å². The second kappa shape index (κ2) is 7.73. The maximum Gasteiger partial charge on any atom is 0.267 e. The zero-order valence-electron chi connectivity index (χ0n) is 15.8. The van der Waals surface area contributed by atoms with Crippen LogP contribution in [-0.4, -0.2) is 18.0 Å². The van der Waals surface area contributed by atoms with E-state index in [0.717, 1.165) is 28.0 Å². The van der Waals surface area contributed by atoms with Gasteiger partial charge in [0.25, 0.3) is 5.91 Å². The number of anilines is 2. The van der Waals surface area contributed by atoms with Gasteiger partial charge in [0, 0.05) is 21.7 Å². The molecule has 7 heteroatoms. The largest absolute Gasteiger partial charge is 0.497 e. The molecule has 0 aliphatic carbocycles. The lowest BCUT2D eigenvalue weighted by molar-refractivity contribution is 0.103. The van der Waals surface area contributed by atoms with Crippen LogP contribution in [0.5, 0.6) is 5.75 Å². The first-order valence-electron chi connectivity index (χ1n) is 8.87. The lowest BCUT2D eigenvalue weighted by Crippen LogP contribution is -2.11. The fourth-order valence-corrected chi connectivity index (χ4v) is 4.14. The summed E-state index contributed by atoms with van der Waals surface area (Å²) in [6, 6.07) is 16.8. The number of benzene rings is 2. The number of carbonyl (C=O) groups is 1. The molecule has 0 aliphatic heterocycles. The first kappa shape index (κ1) is 19.2.